The molecule has 0 bridgehead atoms. The zero-order valence-electron chi connectivity index (χ0n) is 14.9. The van der Waals surface area contributed by atoms with Gasteiger partial charge in [-0.1, -0.05) is 24.3 Å². The predicted molar refractivity (Wildman–Crippen MR) is 92.9 cm³/mol. The fourth-order valence-corrected chi connectivity index (χ4v) is 2.30. The van der Waals surface area contributed by atoms with Crippen LogP contribution < -0.4 is 14.8 Å². The number of carbonyl (C=O) groups is 1. The average molecular weight is 383 g/mol. The minimum Gasteiger partial charge on any atom is -0.497 e. The van der Waals surface area contributed by atoms with Crippen molar-refractivity contribution in [1.82, 2.24) is 5.32 Å². The Kier molecular flexibility index (Phi) is 7.06. The molecular weight excluding hydrogens is 363 g/mol. The van der Waals surface area contributed by atoms with Crippen LogP contribution >= 0.6 is 0 Å². The van der Waals surface area contributed by atoms with Crippen molar-refractivity contribution in [1.29, 1.82) is 0 Å². The van der Waals surface area contributed by atoms with Gasteiger partial charge in [-0.3, -0.25) is 4.79 Å². The molecule has 0 fully saturated rings. The molecule has 0 unspecified atom stereocenters. The first kappa shape index (κ1) is 20.6. The van der Waals surface area contributed by atoms with Crippen LogP contribution in [0.2, 0.25) is 0 Å². The minimum absolute atomic E-state index is 0.130. The number of ether oxygens (including phenoxy) is 3. The summed E-state index contributed by atoms with van der Waals surface area (Å²) >= 11 is 0. The van der Waals surface area contributed by atoms with Gasteiger partial charge in [0.25, 0.3) is 5.91 Å². The summed E-state index contributed by atoms with van der Waals surface area (Å²) in [5.74, 6) is 0.655. The van der Waals surface area contributed by atoms with Crippen molar-refractivity contribution in [3.05, 3.63) is 59.2 Å². The van der Waals surface area contributed by atoms with E-state index in [1.54, 1.807) is 42.5 Å². The molecule has 0 aliphatic carbocycles. The van der Waals surface area contributed by atoms with Gasteiger partial charge in [0.1, 0.15) is 18.1 Å². The van der Waals surface area contributed by atoms with Gasteiger partial charge in [-0.2, -0.15) is 13.2 Å². The Morgan fingerprint density at radius 3 is 2.26 bits per heavy atom. The second kappa shape index (κ2) is 9.27. The summed E-state index contributed by atoms with van der Waals surface area (Å²) in [5, 5.41) is 2.77. The molecule has 5 nitrogen and oxygen atoms in total. The van der Waals surface area contributed by atoms with E-state index in [-0.39, 0.29) is 19.1 Å². The van der Waals surface area contributed by atoms with Crippen LogP contribution in [0.25, 0.3) is 0 Å². The highest BCUT2D eigenvalue weighted by molar-refractivity contribution is 5.97. The number of hydrogen-bond acceptors (Lipinski definition) is 4. The fourth-order valence-electron chi connectivity index (χ4n) is 2.30. The number of rotatable bonds is 8. The summed E-state index contributed by atoms with van der Waals surface area (Å²) in [6.45, 7) is -1.15. The zero-order chi connectivity index (χ0) is 19.9. The highest BCUT2D eigenvalue weighted by atomic mass is 19.4. The van der Waals surface area contributed by atoms with E-state index in [2.05, 4.69) is 10.1 Å². The van der Waals surface area contributed by atoms with Crippen LogP contribution in [0, 0.1) is 0 Å². The fraction of sp³-hybridized carbons (Fsp3) is 0.316. The van der Waals surface area contributed by atoms with Crippen molar-refractivity contribution in [3.8, 4) is 11.5 Å². The van der Waals surface area contributed by atoms with Gasteiger partial charge in [-0.05, 0) is 23.3 Å². The molecule has 0 spiro atoms. The summed E-state index contributed by atoms with van der Waals surface area (Å²) in [6, 6.07) is 11.6. The molecule has 0 aliphatic heterocycles. The molecule has 0 atom stereocenters. The zero-order valence-corrected chi connectivity index (χ0v) is 14.9. The van der Waals surface area contributed by atoms with E-state index in [9.17, 15) is 18.0 Å². The van der Waals surface area contributed by atoms with Gasteiger partial charge in [-0.15, -0.1) is 0 Å². The van der Waals surface area contributed by atoms with Crippen molar-refractivity contribution in [2.45, 2.75) is 19.3 Å². The van der Waals surface area contributed by atoms with Gasteiger partial charge < -0.3 is 19.5 Å². The Morgan fingerprint density at radius 2 is 1.67 bits per heavy atom. The molecule has 2 aromatic carbocycles. The van der Waals surface area contributed by atoms with E-state index in [1.165, 1.54) is 14.2 Å². The van der Waals surface area contributed by atoms with E-state index in [4.69, 9.17) is 9.47 Å². The topological polar surface area (TPSA) is 56.8 Å². The lowest BCUT2D eigenvalue weighted by molar-refractivity contribution is -0.176. The number of benzene rings is 2. The van der Waals surface area contributed by atoms with E-state index < -0.39 is 12.8 Å². The van der Waals surface area contributed by atoms with Gasteiger partial charge in [-0.25, -0.2) is 0 Å². The van der Waals surface area contributed by atoms with Gasteiger partial charge in [0.2, 0.25) is 0 Å². The molecule has 2 rings (SSSR count). The number of methoxy groups -OCH3 is 2. The van der Waals surface area contributed by atoms with E-state index in [1.807, 2.05) is 0 Å². The Bertz CT molecular complexity index is 761. The van der Waals surface area contributed by atoms with Crippen LogP contribution in [0.3, 0.4) is 0 Å². The van der Waals surface area contributed by atoms with Crippen molar-refractivity contribution in [2.24, 2.45) is 0 Å². The third kappa shape index (κ3) is 6.49. The largest absolute Gasteiger partial charge is 0.497 e. The summed E-state index contributed by atoms with van der Waals surface area (Å²) in [5.41, 5.74) is 1.79. The highest BCUT2D eigenvalue weighted by Gasteiger charge is 2.27. The Morgan fingerprint density at radius 1 is 1.00 bits per heavy atom. The molecule has 146 valence electrons. The number of alkyl halides is 3. The van der Waals surface area contributed by atoms with Crippen LogP contribution in [0.5, 0.6) is 11.5 Å². The number of amides is 1. The lowest BCUT2D eigenvalue weighted by Gasteiger charge is -2.11. The van der Waals surface area contributed by atoms with E-state index >= 15 is 0 Å². The maximum atomic E-state index is 12.3. The number of carbonyl (C=O) groups excluding carboxylic acids is 1. The van der Waals surface area contributed by atoms with Crippen molar-refractivity contribution >= 4 is 5.91 Å². The maximum Gasteiger partial charge on any atom is 0.411 e. The molecule has 1 N–H and O–H groups in total. The van der Waals surface area contributed by atoms with Gasteiger partial charge in [0.15, 0.2) is 0 Å². The molecule has 0 saturated carbocycles. The molecule has 1 amide bonds. The number of nitrogens with one attached hydrogen (secondary N) is 1. The summed E-state index contributed by atoms with van der Waals surface area (Å²) in [7, 11) is 2.98. The molecular formula is C19H20F3NO4. The van der Waals surface area contributed by atoms with Gasteiger partial charge in [0, 0.05) is 12.6 Å². The third-order valence-corrected chi connectivity index (χ3v) is 3.66. The molecule has 0 aliphatic rings. The summed E-state index contributed by atoms with van der Waals surface area (Å²) in [4.78, 5) is 12.3. The Hall–Kier alpha value is -2.74. The van der Waals surface area contributed by atoms with Crippen LogP contribution in [0.1, 0.15) is 21.5 Å². The first-order valence-electron chi connectivity index (χ1n) is 8.05. The number of hydrogen-bond donors (Lipinski definition) is 1. The van der Waals surface area contributed by atoms with Crippen LogP contribution in [0.15, 0.2) is 42.5 Å². The maximum absolute atomic E-state index is 12.3. The molecule has 2 aromatic rings. The quantitative estimate of drug-likeness (QED) is 0.755. The molecule has 27 heavy (non-hydrogen) atoms. The second-order valence-corrected chi connectivity index (χ2v) is 5.67. The molecule has 8 heteroatoms. The molecule has 0 radical (unpaired) electrons. The van der Waals surface area contributed by atoms with Crippen LogP contribution in [0.4, 0.5) is 13.2 Å². The molecule has 0 aromatic heterocycles. The van der Waals surface area contributed by atoms with Crippen molar-refractivity contribution in [2.75, 3.05) is 20.8 Å². The highest BCUT2D eigenvalue weighted by Crippen LogP contribution is 2.24. The summed E-state index contributed by atoms with van der Waals surface area (Å²) < 4.78 is 51.1. The van der Waals surface area contributed by atoms with E-state index in [0.29, 0.717) is 22.6 Å². The lowest BCUT2D eigenvalue weighted by atomic mass is 10.1. The SMILES string of the molecule is COc1ccc(C(=O)NCc2ccc(COCC(F)(F)F)cc2)c(OC)c1. The predicted octanol–water partition coefficient (Wildman–Crippen LogP) is 3.71. The van der Waals surface area contributed by atoms with E-state index in [0.717, 1.165) is 5.56 Å². The number of halogens is 3. The minimum atomic E-state index is -4.34. The third-order valence-electron chi connectivity index (χ3n) is 3.66. The average Bonchev–Trinajstić information content (AvgIpc) is 2.65. The monoisotopic (exact) mass is 383 g/mol. The van der Waals surface area contributed by atoms with Crippen molar-refractivity contribution in [3.63, 3.8) is 0 Å². The molecule has 0 heterocycles. The first-order chi connectivity index (χ1) is 12.8. The van der Waals surface area contributed by atoms with Gasteiger partial charge in [0.05, 0.1) is 26.4 Å². The van der Waals surface area contributed by atoms with Gasteiger partial charge >= 0.3 is 6.18 Å². The molecule has 0 saturated heterocycles. The second-order valence-electron chi connectivity index (χ2n) is 5.67. The Labute approximate surface area is 155 Å². The standard InChI is InChI=1S/C19H20F3NO4/c1-25-15-7-8-16(17(9-15)26-2)18(24)23-10-13-3-5-14(6-4-13)11-27-12-19(20,21)22/h3-9H,10-12H2,1-2H3,(H,23,24). The van der Waals surface area contributed by atoms with Crippen LogP contribution in [-0.4, -0.2) is 32.9 Å². The Balaban J connectivity index is 1.90. The lowest BCUT2D eigenvalue weighted by Crippen LogP contribution is -2.23. The van der Waals surface area contributed by atoms with Crippen LogP contribution in [-0.2, 0) is 17.9 Å². The summed E-state index contributed by atoms with van der Waals surface area (Å²) in [6.07, 6.45) is -4.34. The van der Waals surface area contributed by atoms with Crippen molar-refractivity contribution < 1.29 is 32.2 Å². The first-order valence-corrected chi connectivity index (χ1v) is 8.05. The smallest absolute Gasteiger partial charge is 0.411 e. The normalized spacial score (nSPS) is 11.1.